The normalized spacial score (nSPS) is 17.5. The van der Waals surface area contributed by atoms with E-state index < -0.39 is 0 Å². The first kappa shape index (κ1) is 13.1. The van der Waals surface area contributed by atoms with Gasteiger partial charge in [0.2, 0.25) is 11.7 Å². The molecule has 1 N–H and O–H groups in total. The largest absolute Gasteiger partial charge is 0.485 e. The minimum absolute atomic E-state index is 0.220. The van der Waals surface area contributed by atoms with Gasteiger partial charge in [0.15, 0.2) is 6.61 Å². The molecule has 1 heterocycles. The van der Waals surface area contributed by atoms with E-state index in [1.807, 2.05) is 32.0 Å². The van der Waals surface area contributed by atoms with Crippen molar-refractivity contribution in [3.63, 3.8) is 0 Å². The maximum absolute atomic E-state index is 9.76. The zero-order valence-corrected chi connectivity index (χ0v) is 11.7. The van der Waals surface area contributed by atoms with Crippen LogP contribution in [0.1, 0.15) is 55.1 Å². The van der Waals surface area contributed by atoms with Crippen LogP contribution < -0.4 is 4.74 Å². The fourth-order valence-corrected chi connectivity index (χ4v) is 2.37. The molecule has 1 atom stereocenters. The second-order valence-electron chi connectivity index (χ2n) is 5.41. The smallest absolute Gasteiger partial charge is 0.229 e. The van der Waals surface area contributed by atoms with E-state index in [0.29, 0.717) is 11.7 Å². The van der Waals surface area contributed by atoms with Crippen LogP contribution in [0.4, 0.5) is 0 Å². The predicted octanol–water partition coefficient (Wildman–Crippen LogP) is 2.75. The van der Waals surface area contributed by atoms with Crippen LogP contribution in [-0.4, -0.2) is 15.2 Å². The summed E-state index contributed by atoms with van der Waals surface area (Å²) in [5.41, 5.74) is 2.17. The summed E-state index contributed by atoms with van der Waals surface area (Å²) >= 11 is 0. The van der Waals surface area contributed by atoms with Crippen molar-refractivity contribution in [2.24, 2.45) is 0 Å². The third kappa shape index (κ3) is 2.54. The second kappa shape index (κ2) is 5.25. The summed E-state index contributed by atoms with van der Waals surface area (Å²) < 4.78 is 10.8. The van der Waals surface area contributed by atoms with E-state index in [1.165, 1.54) is 0 Å². The molecule has 0 bridgehead atoms. The van der Waals surface area contributed by atoms with E-state index in [0.717, 1.165) is 29.7 Å². The van der Waals surface area contributed by atoms with Crippen molar-refractivity contribution in [1.29, 1.82) is 0 Å². The van der Waals surface area contributed by atoms with Gasteiger partial charge in [-0.15, -0.1) is 0 Å². The van der Waals surface area contributed by atoms with Crippen molar-refractivity contribution >= 4 is 0 Å². The molecule has 1 aromatic heterocycles. The molecule has 0 amide bonds. The molecule has 1 aromatic carbocycles. The quantitative estimate of drug-likeness (QED) is 0.928. The maximum Gasteiger partial charge on any atom is 0.229 e. The van der Waals surface area contributed by atoms with Crippen molar-refractivity contribution < 1.29 is 14.4 Å². The van der Waals surface area contributed by atoms with E-state index in [-0.39, 0.29) is 18.6 Å². The van der Waals surface area contributed by atoms with Gasteiger partial charge in [0.25, 0.3) is 0 Å². The van der Waals surface area contributed by atoms with E-state index >= 15 is 0 Å². The van der Waals surface area contributed by atoms with Crippen LogP contribution in [0.2, 0.25) is 0 Å². The van der Waals surface area contributed by atoms with E-state index in [1.54, 1.807) is 0 Å². The standard InChI is InChI=1S/C15H18N2O3/c1-9(2)15-16-14(17-20-15)8-19-11-4-5-12-10(7-11)3-6-13(12)18/h4-5,7,9,13,18H,3,6,8H2,1-2H3. The van der Waals surface area contributed by atoms with Gasteiger partial charge in [-0.05, 0) is 36.1 Å². The molecule has 0 radical (unpaired) electrons. The van der Waals surface area contributed by atoms with Crippen LogP contribution >= 0.6 is 0 Å². The van der Waals surface area contributed by atoms with Gasteiger partial charge in [0.05, 0.1) is 6.10 Å². The topological polar surface area (TPSA) is 68.4 Å². The Morgan fingerprint density at radius 1 is 1.45 bits per heavy atom. The number of ether oxygens (including phenoxy) is 1. The number of hydrogen-bond donors (Lipinski definition) is 1. The molecule has 20 heavy (non-hydrogen) atoms. The van der Waals surface area contributed by atoms with Gasteiger partial charge < -0.3 is 14.4 Å². The summed E-state index contributed by atoms with van der Waals surface area (Å²) in [7, 11) is 0. The predicted molar refractivity (Wildman–Crippen MR) is 72.4 cm³/mol. The molecule has 1 unspecified atom stereocenters. The number of rotatable bonds is 4. The highest BCUT2D eigenvalue weighted by Crippen LogP contribution is 2.33. The molecule has 3 rings (SSSR count). The maximum atomic E-state index is 9.76. The lowest BCUT2D eigenvalue weighted by Crippen LogP contribution is -1.99. The lowest BCUT2D eigenvalue weighted by Gasteiger charge is -2.07. The molecule has 0 aliphatic heterocycles. The van der Waals surface area contributed by atoms with Gasteiger partial charge in [-0.3, -0.25) is 0 Å². The summed E-state index contributed by atoms with van der Waals surface area (Å²) in [5, 5.41) is 13.6. The van der Waals surface area contributed by atoms with Gasteiger partial charge in [0.1, 0.15) is 5.75 Å². The number of nitrogens with zero attached hydrogens (tertiary/aromatic N) is 2. The lowest BCUT2D eigenvalue weighted by molar-refractivity contribution is 0.180. The Hall–Kier alpha value is -1.88. The number of benzene rings is 1. The minimum atomic E-state index is -0.329. The number of aryl methyl sites for hydroxylation is 1. The number of fused-ring (bicyclic) bond motifs is 1. The number of aliphatic hydroxyl groups excluding tert-OH is 1. The van der Waals surface area contributed by atoms with Crippen LogP contribution in [-0.2, 0) is 13.0 Å². The summed E-state index contributed by atoms with van der Waals surface area (Å²) in [4.78, 5) is 4.27. The SMILES string of the molecule is CC(C)c1nc(COc2ccc3c(c2)CCC3O)no1. The summed E-state index contributed by atoms with van der Waals surface area (Å²) in [6.07, 6.45) is 1.36. The zero-order chi connectivity index (χ0) is 14.1. The third-order valence-corrected chi connectivity index (χ3v) is 3.51. The van der Waals surface area contributed by atoms with Gasteiger partial charge >= 0.3 is 0 Å². The van der Waals surface area contributed by atoms with Gasteiger partial charge in [0, 0.05) is 5.92 Å². The van der Waals surface area contributed by atoms with Crippen molar-refractivity contribution in [3.05, 3.63) is 41.0 Å². The summed E-state index contributed by atoms with van der Waals surface area (Å²) in [6, 6.07) is 5.78. The molecule has 0 fully saturated rings. The van der Waals surface area contributed by atoms with Crippen molar-refractivity contribution in [2.45, 2.75) is 45.3 Å². The fourth-order valence-electron chi connectivity index (χ4n) is 2.37. The monoisotopic (exact) mass is 274 g/mol. The lowest BCUT2D eigenvalue weighted by atomic mass is 10.1. The molecule has 0 saturated carbocycles. The Morgan fingerprint density at radius 3 is 3.05 bits per heavy atom. The molecule has 0 spiro atoms. The average Bonchev–Trinajstić information content (AvgIpc) is 3.04. The summed E-state index contributed by atoms with van der Waals surface area (Å²) in [5.74, 6) is 2.17. The highest BCUT2D eigenvalue weighted by atomic mass is 16.5. The second-order valence-corrected chi connectivity index (χ2v) is 5.41. The van der Waals surface area contributed by atoms with Crippen LogP contribution in [0.5, 0.6) is 5.75 Å². The van der Waals surface area contributed by atoms with Crippen molar-refractivity contribution in [2.75, 3.05) is 0 Å². The Morgan fingerprint density at radius 2 is 2.30 bits per heavy atom. The molecule has 2 aromatic rings. The molecule has 5 heteroatoms. The Bertz CT molecular complexity index is 607. The number of aromatic nitrogens is 2. The molecule has 1 aliphatic carbocycles. The van der Waals surface area contributed by atoms with Crippen LogP contribution in [0.3, 0.4) is 0 Å². The third-order valence-electron chi connectivity index (χ3n) is 3.51. The molecule has 5 nitrogen and oxygen atoms in total. The van der Waals surface area contributed by atoms with Crippen LogP contribution in [0.15, 0.2) is 22.7 Å². The Kier molecular flexibility index (Phi) is 3.44. The van der Waals surface area contributed by atoms with Crippen LogP contribution in [0.25, 0.3) is 0 Å². The van der Waals surface area contributed by atoms with Gasteiger partial charge in [-0.2, -0.15) is 4.98 Å². The van der Waals surface area contributed by atoms with Crippen molar-refractivity contribution in [3.8, 4) is 5.75 Å². The molecular formula is C15H18N2O3. The first-order valence-electron chi connectivity index (χ1n) is 6.89. The molecule has 1 aliphatic rings. The first-order valence-corrected chi connectivity index (χ1v) is 6.89. The minimum Gasteiger partial charge on any atom is -0.485 e. The van der Waals surface area contributed by atoms with Gasteiger partial charge in [-0.1, -0.05) is 25.1 Å². The number of aliphatic hydroxyl groups is 1. The van der Waals surface area contributed by atoms with E-state index in [4.69, 9.17) is 9.26 Å². The van der Waals surface area contributed by atoms with E-state index in [2.05, 4.69) is 10.1 Å². The summed E-state index contributed by atoms with van der Waals surface area (Å²) in [6.45, 7) is 4.30. The molecule has 0 saturated heterocycles. The Balaban J connectivity index is 1.66. The molecule has 106 valence electrons. The van der Waals surface area contributed by atoms with Crippen LogP contribution in [0, 0.1) is 0 Å². The highest BCUT2D eigenvalue weighted by molar-refractivity contribution is 5.39. The molecular weight excluding hydrogens is 256 g/mol. The fraction of sp³-hybridized carbons (Fsp3) is 0.467. The van der Waals surface area contributed by atoms with E-state index in [9.17, 15) is 5.11 Å². The zero-order valence-electron chi connectivity index (χ0n) is 11.7. The highest BCUT2D eigenvalue weighted by Gasteiger charge is 2.20. The Labute approximate surface area is 117 Å². The number of hydrogen-bond acceptors (Lipinski definition) is 5. The van der Waals surface area contributed by atoms with Gasteiger partial charge in [-0.25, -0.2) is 0 Å². The first-order chi connectivity index (χ1) is 9.63. The average molecular weight is 274 g/mol. The van der Waals surface area contributed by atoms with Crippen molar-refractivity contribution in [1.82, 2.24) is 10.1 Å².